The van der Waals surface area contributed by atoms with Crippen molar-refractivity contribution in [2.75, 3.05) is 19.0 Å². The molecule has 0 spiro atoms. The fourth-order valence-corrected chi connectivity index (χ4v) is 1.43. The van der Waals surface area contributed by atoms with Crippen LogP contribution >= 0.6 is 0 Å². The molecule has 0 N–H and O–H groups in total. The standard InChI is InChI=1S/C10H13NO3/c1-5-4-6(5)14-10(13)7-8(9(7)12)11(2)3/h5-6H,4H2,1-3H3. The van der Waals surface area contributed by atoms with Gasteiger partial charge in [0.2, 0.25) is 5.43 Å². The van der Waals surface area contributed by atoms with E-state index in [1.54, 1.807) is 19.0 Å². The second-order valence-corrected chi connectivity index (χ2v) is 4.10. The quantitative estimate of drug-likeness (QED) is 0.661. The zero-order valence-electron chi connectivity index (χ0n) is 8.53. The lowest BCUT2D eigenvalue weighted by atomic mass is 10.5. The van der Waals surface area contributed by atoms with E-state index in [1.807, 2.05) is 6.92 Å². The Morgan fingerprint density at radius 1 is 1.50 bits per heavy atom. The van der Waals surface area contributed by atoms with Crippen LogP contribution in [-0.2, 0) is 4.74 Å². The summed E-state index contributed by atoms with van der Waals surface area (Å²) in [5, 5.41) is 0. The Bertz CT molecular complexity index is 387. The topological polar surface area (TPSA) is 46.6 Å². The fraction of sp³-hybridized carbons (Fsp3) is 0.600. The molecule has 2 rings (SSSR count). The van der Waals surface area contributed by atoms with Crippen molar-refractivity contribution in [3.8, 4) is 0 Å². The van der Waals surface area contributed by atoms with Gasteiger partial charge in [-0.15, -0.1) is 0 Å². The summed E-state index contributed by atoms with van der Waals surface area (Å²) in [6.07, 6.45) is 0.955. The molecule has 1 saturated carbocycles. The Balaban J connectivity index is 1.98. The van der Waals surface area contributed by atoms with E-state index in [9.17, 15) is 9.59 Å². The maximum atomic E-state index is 11.4. The minimum Gasteiger partial charge on any atom is -0.458 e. The number of anilines is 1. The molecule has 0 saturated heterocycles. The molecule has 2 unspecified atom stereocenters. The maximum absolute atomic E-state index is 11.4. The van der Waals surface area contributed by atoms with Gasteiger partial charge in [-0.2, -0.15) is 0 Å². The summed E-state index contributed by atoms with van der Waals surface area (Å²) in [6.45, 7) is 2.02. The zero-order valence-corrected chi connectivity index (χ0v) is 8.53. The van der Waals surface area contributed by atoms with E-state index >= 15 is 0 Å². The first-order valence-electron chi connectivity index (χ1n) is 4.69. The van der Waals surface area contributed by atoms with Crippen molar-refractivity contribution in [3.63, 3.8) is 0 Å². The molecular formula is C10H13NO3. The van der Waals surface area contributed by atoms with Crippen LogP contribution in [0.1, 0.15) is 23.7 Å². The molecule has 1 aromatic carbocycles. The van der Waals surface area contributed by atoms with Crippen LogP contribution in [0.5, 0.6) is 0 Å². The van der Waals surface area contributed by atoms with Crippen LogP contribution in [0.3, 0.4) is 0 Å². The Hall–Kier alpha value is -1.32. The summed E-state index contributed by atoms with van der Waals surface area (Å²) in [5.74, 6) is 0.00394. The molecule has 0 heterocycles. The number of hydrogen-bond acceptors (Lipinski definition) is 4. The van der Waals surface area contributed by atoms with Gasteiger partial charge in [-0.05, 0) is 12.3 Å². The predicted molar refractivity (Wildman–Crippen MR) is 52.4 cm³/mol. The lowest BCUT2D eigenvalue weighted by Crippen LogP contribution is -2.08. The number of esters is 1. The van der Waals surface area contributed by atoms with E-state index in [4.69, 9.17) is 4.74 Å². The predicted octanol–water partition coefficient (Wildman–Crippen LogP) is 0.554. The summed E-state index contributed by atoms with van der Waals surface area (Å²) < 4.78 is 5.10. The van der Waals surface area contributed by atoms with Gasteiger partial charge in [-0.25, -0.2) is 4.79 Å². The minimum atomic E-state index is -0.451. The van der Waals surface area contributed by atoms with E-state index in [-0.39, 0.29) is 17.1 Å². The van der Waals surface area contributed by atoms with E-state index in [0.29, 0.717) is 11.6 Å². The molecule has 2 atom stereocenters. The average molecular weight is 195 g/mol. The number of hydrogen-bond donors (Lipinski definition) is 0. The smallest absolute Gasteiger partial charge is 0.344 e. The van der Waals surface area contributed by atoms with Gasteiger partial charge in [0.05, 0.1) is 0 Å². The largest absolute Gasteiger partial charge is 0.458 e. The summed E-state index contributed by atoms with van der Waals surface area (Å²) in [4.78, 5) is 24.2. The first-order chi connectivity index (χ1) is 6.52. The van der Waals surface area contributed by atoms with E-state index in [0.717, 1.165) is 6.42 Å². The molecule has 0 bridgehead atoms. The second-order valence-electron chi connectivity index (χ2n) is 4.10. The molecule has 14 heavy (non-hydrogen) atoms. The normalized spacial score (nSPS) is 25.1. The van der Waals surface area contributed by atoms with Crippen molar-refractivity contribution >= 4 is 11.7 Å². The highest BCUT2D eigenvalue weighted by Crippen LogP contribution is 2.34. The molecule has 0 aromatic heterocycles. The summed E-state index contributed by atoms with van der Waals surface area (Å²) in [5.41, 5.74) is 0.547. The molecule has 76 valence electrons. The molecule has 0 radical (unpaired) electrons. The van der Waals surface area contributed by atoms with Gasteiger partial charge in [0.15, 0.2) is 0 Å². The Kier molecular flexibility index (Phi) is 1.87. The van der Waals surface area contributed by atoms with Gasteiger partial charge < -0.3 is 9.64 Å². The zero-order chi connectivity index (χ0) is 10.5. The van der Waals surface area contributed by atoms with Gasteiger partial charge in [0, 0.05) is 14.1 Å². The molecule has 1 aliphatic rings. The molecule has 1 fully saturated rings. The van der Waals surface area contributed by atoms with Gasteiger partial charge in [0.1, 0.15) is 17.4 Å². The minimum absolute atomic E-state index is 0.0341. The number of ether oxygens (including phenoxy) is 1. The lowest BCUT2D eigenvalue weighted by molar-refractivity contribution is 0.0459. The third-order valence-corrected chi connectivity index (χ3v) is 2.56. The summed E-state index contributed by atoms with van der Waals surface area (Å²) >= 11 is 0. The third kappa shape index (κ3) is 1.41. The summed E-state index contributed by atoms with van der Waals surface area (Å²) in [6, 6.07) is 0. The molecule has 4 heteroatoms. The SMILES string of the molecule is CC1CC1OC(=O)c1c(N(C)C)c1=O. The number of carbonyl (C=O) groups is 1. The van der Waals surface area contributed by atoms with Crippen molar-refractivity contribution < 1.29 is 9.53 Å². The van der Waals surface area contributed by atoms with E-state index < -0.39 is 5.97 Å². The molecule has 0 aliphatic heterocycles. The fourth-order valence-electron chi connectivity index (χ4n) is 1.43. The monoisotopic (exact) mass is 195 g/mol. The van der Waals surface area contributed by atoms with Crippen LogP contribution in [0.4, 0.5) is 5.69 Å². The van der Waals surface area contributed by atoms with Gasteiger partial charge in [-0.1, -0.05) is 6.92 Å². The lowest BCUT2D eigenvalue weighted by Gasteiger charge is -2.03. The number of nitrogens with zero attached hydrogens (tertiary/aromatic N) is 1. The second kappa shape index (κ2) is 2.83. The Morgan fingerprint density at radius 2 is 2.07 bits per heavy atom. The van der Waals surface area contributed by atoms with Gasteiger partial charge in [0.25, 0.3) is 0 Å². The summed E-state index contributed by atoms with van der Waals surface area (Å²) in [7, 11) is 3.49. The van der Waals surface area contributed by atoms with Crippen molar-refractivity contribution in [1.29, 1.82) is 0 Å². The van der Waals surface area contributed by atoms with Crippen LogP contribution in [0.25, 0.3) is 0 Å². The molecule has 1 aliphatic carbocycles. The van der Waals surface area contributed by atoms with Crippen molar-refractivity contribution in [1.82, 2.24) is 0 Å². The highest BCUT2D eigenvalue weighted by Gasteiger charge is 2.40. The van der Waals surface area contributed by atoms with Crippen LogP contribution in [0, 0.1) is 5.92 Å². The number of rotatable bonds is 3. The third-order valence-electron chi connectivity index (χ3n) is 2.56. The van der Waals surface area contributed by atoms with E-state index in [1.165, 1.54) is 0 Å². The van der Waals surface area contributed by atoms with Crippen LogP contribution in [-0.4, -0.2) is 26.2 Å². The molecule has 1 aromatic rings. The van der Waals surface area contributed by atoms with E-state index in [2.05, 4.69) is 0 Å². The maximum Gasteiger partial charge on any atom is 0.344 e. The van der Waals surface area contributed by atoms with Crippen LogP contribution in [0.15, 0.2) is 4.79 Å². The van der Waals surface area contributed by atoms with Gasteiger partial charge >= 0.3 is 5.97 Å². The molecule has 4 nitrogen and oxygen atoms in total. The van der Waals surface area contributed by atoms with Crippen LogP contribution < -0.4 is 10.3 Å². The number of carbonyl (C=O) groups excluding carboxylic acids is 1. The van der Waals surface area contributed by atoms with Gasteiger partial charge in [-0.3, -0.25) is 4.79 Å². The molecular weight excluding hydrogens is 182 g/mol. The first kappa shape index (κ1) is 9.24. The van der Waals surface area contributed by atoms with Crippen molar-refractivity contribution in [2.45, 2.75) is 19.4 Å². The Morgan fingerprint density at radius 3 is 2.43 bits per heavy atom. The molecule has 0 amide bonds. The highest BCUT2D eigenvalue weighted by molar-refractivity contribution is 6.02. The Labute approximate surface area is 82.1 Å². The van der Waals surface area contributed by atoms with Crippen molar-refractivity contribution in [3.05, 3.63) is 15.8 Å². The highest BCUT2D eigenvalue weighted by atomic mass is 16.5. The average Bonchev–Trinajstić information content (AvgIpc) is 2.91. The first-order valence-corrected chi connectivity index (χ1v) is 4.69. The van der Waals surface area contributed by atoms with Crippen LogP contribution in [0.2, 0.25) is 0 Å². The van der Waals surface area contributed by atoms with Crippen molar-refractivity contribution in [2.24, 2.45) is 5.92 Å².